The number of nitrogens with one attached hydrogen (secondary N) is 1. The number of aromatic nitrogens is 1. The summed E-state index contributed by atoms with van der Waals surface area (Å²) in [6, 6.07) is 0.803. The zero-order valence-electron chi connectivity index (χ0n) is 12.1. The number of hydrazine groups is 1. The number of likely N-dealkylation sites (N-methyl/N-ethyl adjacent to an activating group) is 2. The van der Waals surface area contributed by atoms with E-state index >= 15 is 0 Å². The van der Waals surface area contributed by atoms with Gasteiger partial charge in [0.15, 0.2) is 23.3 Å². The lowest BCUT2D eigenvalue weighted by Gasteiger charge is -2.49. The number of rotatable bonds is 5. The summed E-state index contributed by atoms with van der Waals surface area (Å²) in [5.74, 6) is 3.65. The molecular formula is C13H21F2N5. The summed E-state index contributed by atoms with van der Waals surface area (Å²) < 4.78 is 27.3. The van der Waals surface area contributed by atoms with Gasteiger partial charge in [0.1, 0.15) is 0 Å². The van der Waals surface area contributed by atoms with Gasteiger partial charge in [-0.05, 0) is 33.4 Å². The van der Waals surface area contributed by atoms with Gasteiger partial charge in [0.05, 0.1) is 0 Å². The Morgan fingerprint density at radius 1 is 1.30 bits per heavy atom. The van der Waals surface area contributed by atoms with Gasteiger partial charge in [-0.15, -0.1) is 0 Å². The highest BCUT2D eigenvalue weighted by atomic mass is 19.1. The SMILES string of the molecule is CN(CC1(N(C)C)CCC1)c1nc(NN)c(F)cc1F. The minimum atomic E-state index is -0.798. The molecule has 1 aromatic rings. The first-order valence-electron chi connectivity index (χ1n) is 6.61. The normalized spacial score (nSPS) is 16.9. The number of nitrogens with zero attached hydrogens (tertiary/aromatic N) is 3. The number of halogens is 2. The molecule has 7 heteroatoms. The van der Waals surface area contributed by atoms with Crippen molar-refractivity contribution in [3.05, 3.63) is 17.7 Å². The number of nitrogens with two attached hydrogens (primary N) is 1. The van der Waals surface area contributed by atoms with Crippen LogP contribution in [0.3, 0.4) is 0 Å². The van der Waals surface area contributed by atoms with Crippen molar-refractivity contribution in [2.24, 2.45) is 5.84 Å². The summed E-state index contributed by atoms with van der Waals surface area (Å²) >= 11 is 0. The largest absolute Gasteiger partial charge is 0.355 e. The Labute approximate surface area is 117 Å². The molecule has 0 spiro atoms. The molecule has 20 heavy (non-hydrogen) atoms. The van der Waals surface area contributed by atoms with Crippen LogP contribution in [0.15, 0.2) is 6.07 Å². The molecule has 0 amide bonds. The van der Waals surface area contributed by atoms with Crippen molar-refractivity contribution >= 4 is 11.6 Å². The maximum Gasteiger partial charge on any atom is 0.178 e. The van der Waals surface area contributed by atoms with Gasteiger partial charge in [0.2, 0.25) is 0 Å². The van der Waals surface area contributed by atoms with Crippen molar-refractivity contribution in [3.63, 3.8) is 0 Å². The molecule has 3 N–H and O–H groups in total. The van der Waals surface area contributed by atoms with E-state index in [2.05, 4.69) is 15.3 Å². The minimum Gasteiger partial charge on any atom is -0.355 e. The molecule has 112 valence electrons. The number of hydrogen-bond donors (Lipinski definition) is 2. The highest BCUT2D eigenvalue weighted by molar-refractivity contribution is 5.48. The lowest BCUT2D eigenvalue weighted by Crippen LogP contribution is -2.57. The third-order valence-corrected chi connectivity index (χ3v) is 4.17. The van der Waals surface area contributed by atoms with E-state index in [1.807, 2.05) is 14.1 Å². The van der Waals surface area contributed by atoms with Crippen molar-refractivity contribution in [1.82, 2.24) is 9.88 Å². The van der Waals surface area contributed by atoms with Crippen molar-refractivity contribution in [1.29, 1.82) is 0 Å². The average Bonchev–Trinajstić information content (AvgIpc) is 2.33. The monoisotopic (exact) mass is 285 g/mol. The predicted octanol–water partition coefficient (Wildman–Crippen LogP) is 1.57. The van der Waals surface area contributed by atoms with Crippen LogP contribution in [-0.2, 0) is 0 Å². The molecular weight excluding hydrogens is 264 g/mol. The van der Waals surface area contributed by atoms with Crippen LogP contribution < -0.4 is 16.2 Å². The van der Waals surface area contributed by atoms with Gasteiger partial charge < -0.3 is 15.2 Å². The molecule has 1 aliphatic rings. The van der Waals surface area contributed by atoms with Crippen molar-refractivity contribution in [2.75, 3.05) is 38.0 Å². The van der Waals surface area contributed by atoms with E-state index in [0.717, 1.165) is 18.9 Å². The second-order valence-corrected chi connectivity index (χ2v) is 5.60. The second-order valence-electron chi connectivity index (χ2n) is 5.60. The fourth-order valence-corrected chi connectivity index (χ4v) is 2.67. The highest BCUT2D eigenvalue weighted by Crippen LogP contribution is 2.37. The Morgan fingerprint density at radius 3 is 2.40 bits per heavy atom. The zero-order valence-corrected chi connectivity index (χ0v) is 12.1. The fraction of sp³-hybridized carbons (Fsp3) is 0.615. The fourth-order valence-electron chi connectivity index (χ4n) is 2.67. The molecule has 1 heterocycles. The number of pyridine rings is 1. The van der Waals surface area contributed by atoms with Crippen LogP contribution in [0.5, 0.6) is 0 Å². The van der Waals surface area contributed by atoms with Gasteiger partial charge in [0.25, 0.3) is 0 Å². The standard InChI is InChI=1S/C13H21F2N5/c1-19(2)13(5-4-6-13)8-20(3)12-10(15)7-9(14)11(17-12)18-16/h7H,4-6,8,16H2,1-3H3,(H,17,18). The van der Waals surface area contributed by atoms with E-state index in [9.17, 15) is 8.78 Å². The zero-order chi connectivity index (χ0) is 14.9. The van der Waals surface area contributed by atoms with Crippen LogP contribution in [0.2, 0.25) is 0 Å². The minimum absolute atomic E-state index is 0.0353. The third kappa shape index (κ3) is 2.55. The van der Waals surface area contributed by atoms with E-state index in [1.165, 1.54) is 6.42 Å². The molecule has 0 saturated heterocycles. The van der Waals surface area contributed by atoms with Crippen molar-refractivity contribution < 1.29 is 8.78 Å². The molecule has 0 aliphatic heterocycles. The number of nitrogen functional groups attached to an aromatic ring is 1. The maximum absolute atomic E-state index is 13.9. The molecule has 0 bridgehead atoms. The van der Waals surface area contributed by atoms with E-state index in [1.54, 1.807) is 11.9 Å². The summed E-state index contributed by atoms with van der Waals surface area (Å²) in [5, 5.41) is 0. The lowest BCUT2D eigenvalue weighted by atomic mass is 9.75. The van der Waals surface area contributed by atoms with Gasteiger partial charge in [0, 0.05) is 25.2 Å². The summed E-state index contributed by atoms with van der Waals surface area (Å²) in [6.07, 6.45) is 3.30. The van der Waals surface area contributed by atoms with Crippen LogP contribution in [0.1, 0.15) is 19.3 Å². The number of hydrogen-bond acceptors (Lipinski definition) is 5. The van der Waals surface area contributed by atoms with Crippen LogP contribution in [0.4, 0.5) is 20.4 Å². The maximum atomic E-state index is 13.9. The molecule has 1 fully saturated rings. The first-order chi connectivity index (χ1) is 9.39. The summed E-state index contributed by atoms with van der Waals surface area (Å²) in [6.45, 7) is 0.638. The van der Waals surface area contributed by atoms with Gasteiger partial charge in [-0.25, -0.2) is 19.6 Å². The molecule has 1 aliphatic carbocycles. The van der Waals surface area contributed by atoms with Gasteiger partial charge in [-0.3, -0.25) is 0 Å². The molecule has 0 radical (unpaired) electrons. The Kier molecular flexibility index (Phi) is 4.10. The van der Waals surface area contributed by atoms with Crippen molar-refractivity contribution in [2.45, 2.75) is 24.8 Å². The van der Waals surface area contributed by atoms with Crippen LogP contribution >= 0.6 is 0 Å². The topological polar surface area (TPSA) is 57.4 Å². The Bertz CT molecular complexity index is 488. The molecule has 0 atom stereocenters. The summed E-state index contributed by atoms with van der Waals surface area (Å²) in [4.78, 5) is 7.79. The molecule has 1 aromatic heterocycles. The lowest BCUT2D eigenvalue weighted by molar-refractivity contribution is 0.0680. The molecule has 2 rings (SSSR count). The van der Waals surface area contributed by atoms with Crippen molar-refractivity contribution in [3.8, 4) is 0 Å². The smallest absolute Gasteiger partial charge is 0.178 e. The Morgan fingerprint density at radius 2 is 1.95 bits per heavy atom. The van der Waals surface area contributed by atoms with Gasteiger partial charge in [-0.2, -0.15) is 0 Å². The predicted molar refractivity (Wildman–Crippen MR) is 75.5 cm³/mol. The van der Waals surface area contributed by atoms with Gasteiger partial charge >= 0.3 is 0 Å². The van der Waals surface area contributed by atoms with Crippen LogP contribution in [0, 0.1) is 11.6 Å². The number of anilines is 2. The van der Waals surface area contributed by atoms with Crippen LogP contribution in [-0.4, -0.2) is 43.1 Å². The van der Waals surface area contributed by atoms with E-state index < -0.39 is 11.6 Å². The Balaban J connectivity index is 2.23. The summed E-state index contributed by atoms with van der Waals surface area (Å²) in [5.41, 5.74) is 2.18. The van der Waals surface area contributed by atoms with Gasteiger partial charge in [-0.1, -0.05) is 0 Å². The molecule has 0 aromatic carbocycles. The first-order valence-corrected chi connectivity index (χ1v) is 6.61. The quantitative estimate of drug-likeness (QED) is 0.635. The molecule has 1 saturated carbocycles. The Hall–Kier alpha value is -1.47. The molecule has 0 unspecified atom stereocenters. The van der Waals surface area contributed by atoms with Crippen LogP contribution in [0.25, 0.3) is 0 Å². The highest BCUT2D eigenvalue weighted by Gasteiger charge is 2.40. The first kappa shape index (κ1) is 14.9. The molecule has 5 nitrogen and oxygen atoms in total. The van der Waals surface area contributed by atoms with E-state index in [0.29, 0.717) is 6.54 Å². The van der Waals surface area contributed by atoms with E-state index in [4.69, 9.17) is 5.84 Å². The third-order valence-electron chi connectivity index (χ3n) is 4.17. The average molecular weight is 285 g/mol. The second kappa shape index (κ2) is 5.49. The van der Waals surface area contributed by atoms with E-state index in [-0.39, 0.29) is 17.2 Å². The summed E-state index contributed by atoms with van der Waals surface area (Å²) in [7, 11) is 5.80.